The van der Waals surface area contributed by atoms with Crippen LogP contribution in [0.15, 0.2) is 218 Å². The topological polar surface area (TPSA) is 6.48 Å². The predicted molar refractivity (Wildman–Crippen MR) is 276 cm³/mol. The number of fused-ring (bicyclic) bond motifs is 2. The Kier molecular flexibility index (Phi) is 10.9. The van der Waals surface area contributed by atoms with Crippen molar-refractivity contribution in [2.24, 2.45) is 0 Å². The highest BCUT2D eigenvalue weighted by atomic mass is 15.1. The summed E-state index contributed by atoms with van der Waals surface area (Å²) in [5, 5.41) is 4.92. The zero-order valence-electron chi connectivity index (χ0n) is 36.8. The summed E-state index contributed by atoms with van der Waals surface area (Å²) in [6.07, 6.45) is 4.38. The van der Waals surface area contributed by atoms with Crippen LogP contribution in [-0.2, 0) is 0 Å². The number of aryl methyl sites for hydroxylation is 4. The van der Waals surface area contributed by atoms with Gasteiger partial charge in [0.1, 0.15) is 0 Å². The quantitative estimate of drug-likeness (QED) is 0.127. The standard InChI is InChI=1S/C62H50N2/c1-43-37-44(2)40-57(39-43)63(61-17-9-13-53-11-5-7-15-59(53)61)55-33-29-51(30-34-55)49-25-21-47(22-26-49)19-20-48-23-27-50(28-24-48)52-31-35-56(36-32-52)64(58-41-45(3)38-46(4)42-58)62-18-10-14-54-12-6-8-16-60(54)62/h5-42H,1-4H3. The van der Waals surface area contributed by atoms with Crippen LogP contribution in [0.4, 0.5) is 34.1 Å². The lowest BCUT2D eigenvalue weighted by Gasteiger charge is -2.27. The van der Waals surface area contributed by atoms with E-state index >= 15 is 0 Å². The van der Waals surface area contributed by atoms with Gasteiger partial charge < -0.3 is 9.80 Å². The molecule has 308 valence electrons. The van der Waals surface area contributed by atoms with Gasteiger partial charge in [-0.05, 0) is 155 Å². The summed E-state index contributed by atoms with van der Waals surface area (Å²) in [6.45, 7) is 8.69. The van der Waals surface area contributed by atoms with E-state index in [0.29, 0.717) is 0 Å². The van der Waals surface area contributed by atoms with Gasteiger partial charge in [-0.15, -0.1) is 0 Å². The Morgan fingerprint density at radius 1 is 0.281 bits per heavy atom. The van der Waals surface area contributed by atoms with Gasteiger partial charge in [-0.3, -0.25) is 0 Å². The van der Waals surface area contributed by atoms with Crippen molar-refractivity contribution in [3.05, 3.63) is 252 Å². The molecular weight excluding hydrogens is 773 g/mol. The number of benzene rings is 10. The van der Waals surface area contributed by atoms with Crippen molar-refractivity contribution in [3.8, 4) is 22.3 Å². The molecule has 0 aliphatic carbocycles. The van der Waals surface area contributed by atoms with E-state index in [9.17, 15) is 0 Å². The summed E-state index contributed by atoms with van der Waals surface area (Å²) in [5.74, 6) is 0. The largest absolute Gasteiger partial charge is 0.310 e. The van der Waals surface area contributed by atoms with Crippen LogP contribution >= 0.6 is 0 Å². The Balaban J connectivity index is 0.854. The first-order valence-electron chi connectivity index (χ1n) is 22.1. The lowest BCUT2D eigenvalue weighted by atomic mass is 10.0. The van der Waals surface area contributed by atoms with E-state index in [-0.39, 0.29) is 0 Å². The summed E-state index contributed by atoms with van der Waals surface area (Å²) < 4.78 is 0. The molecule has 0 spiro atoms. The molecule has 0 radical (unpaired) electrons. The molecule has 0 fully saturated rings. The minimum Gasteiger partial charge on any atom is -0.310 e. The van der Waals surface area contributed by atoms with Crippen LogP contribution in [0.3, 0.4) is 0 Å². The van der Waals surface area contributed by atoms with Crippen LogP contribution in [0.2, 0.25) is 0 Å². The fourth-order valence-electron chi connectivity index (χ4n) is 9.19. The fraction of sp³-hybridized carbons (Fsp3) is 0.0645. The Bertz CT molecular complexity index is 3010. The second-order valence-electron chi connectivity index (χ2n) is 17.0. The van der Waals surface area contributed by atoms with Gasteiger partial charge >= 0.3 is 0 Å². The molecule has 2 nitrogen and oxygen atoms in total. The molecule has 0 saturated carbocycles. The number of rotatable bonds is 10. The summed E-state index contributed by atoms with van der Waals surface area (Å²) >= 11 is 0. The highest BCUT2D eigenvalue weighted by Gasteiger charge is 2.18. The first kappa shape index (κ1) is 40.2. The first-order valence-corrected chi connectivity index (χ1v) is 22.1. The van der Waals surface area contributed by atoms with Gasteiger partial charge in [0, 0.05) is 33.5 Å². The molecule has 10 rings (SSSR count). The first-order chi connectivity index (χ1) is 31.3. The Hall–Kier alpha value is -7.94. The molecule has 0 heterocycles. The summed E-state index contributed by atoms with van der Waals surface area (Å²) in [4.78, 5) is 4.77. The monoisotopic (exact) mass is 822 g/mol. The van der Waals surface area contributed by atoms with Crippen LogP contribution in [0, 0.1) is 27.7 Å². The van der Waals surface area contributed by atoms with Crippen LogP contribution in [0.25, 0.3) is 56.0 Å². The minimum absolute atomic E-state index is 1.13. The van der Waals surface area contributed by atoms with Gasteiger partial charge in [0.2, 0.25) is 0 Å². The second-order valence-corrected chi connectivity index (χ2v) is 17.0. The molecule has 0 aliphatic rings. The Morgan fingerprint density at radius 2 is 0.594 bits per heavy atom. The van der Waals surface area contributed by atoms with Crippen LogP contribution in [-0.4, -0.2) is 0 Å². The van der Waals surface area contributed by atoms with Crippen LogP contribution < -0.4 is 9.80 Å². The smallest absolute Gasteiger partial charge is 0.0540 e. The molecule has 0 N–H and O–H groups in total. The van der Waals surface area contributed by atoms with Gasteiger partial charge in [0.25, 0.3) is 0 Å². The number of anilines is 6. The number of hydrogen-bond donors (Lipinski definition) is 0. The van der Waals surface area contributed by atoms with E-state index in [2.05, 4.69) is 268 Å². The van der Waals surface area contributed by atoms with Crippen molar-refractivity contribution in [2.75, 3.05) is 9.80 Å². The van der Waals surface area contributed by atoms with Crippen molar-refractivity contribution in [3.63, 3.8) is 0 Å². The van der Waals surface area contributed by atoms with Crippen molar-refractivity contribution in [1.82, 2.24) is 0 Å². The van der Waals surface area contributed by atoms with Gasteiger partial charge in [-0.1, -0.05) is 170 Å². The molecule has 0 aliphatic heterocycles. The normalized spacial score (nSPS) is 11.4. The van der Waals surface area contributed by atoms with Gasteiger partial charge in [-0.2, -0.15) is 0 Å². The zero-order chi connectivity index (χ0) is 43.6. The van der Waals surface area contributed by atoms with Crippen molar-refractivity contribution in [2.45, 2.75) is 27.7 Å². The molecule has 0 bridgehead atoms. The van der Waals surface area contributed by atoms with Crippen molar-refractivity contribution in [1.29, 1.82) is 0 Å². The average Bonchev–Trinajstić information content (AvgIpc) is 3.31. The molecule has 0 unspecified atom stereocenters. The molecule has 0 saturated heterocycles. The lowest BCUT2D eigenvalue weighted by molar-refractivity contribution is 1.26. The summed E-state index contributed by atoms with van der Waals surface area (Å²) in [5.41, 5.74) is 19.0. The molecule has 0 amide bonds. The maximum Gasteiger partial charge on any atom is 0.0540 e. The highest BCUT2D eigenvalue weighted by molar-refractivity contribution is 6.00. The maximum absolute atomic E-state index is 2.39. The fourth-order valence-corrected chi connectivity index (χ4v) is 9.19. The molecule has 10 aromatic carbocycles. The Morgan fingerprint density at radius 3 is 0.953 bits per heavy atom. The predicted octanol–water partition coefficient (Wildman–Crippen LogP) is 17.7. The van der Waals surface area contributed by atoms with Gasteiger partial charge in [0.05, 0.1) is 11.4 Å². The maximum atomic E-state index is 2.39. The van der Waals surface area contributed by atoms with Gasteiger partial charge in [0.15, 0.2) is 0 Å². The van der Waals surface area contributed by atoms with E-state index in [1.54, 1.807) is 0 Å². The van der Waals surface area contributed by atoms with Crippen LogP contribution in [0.1, 0.15) is 33.4 Å². The zero-order valence-corrected chi connectivity index (χ0v) is 36.8. The molecular formula is C62H50N2. The van der Waals surface area contributed by atoms with Gasteiger partial charge in [-0.25, -0.2) is 0 Å². The second kappa shape index (κ2) is 17.4. The third-order valence-corrected chi connectivity index (χ3v) is 12.2. The number of nitrogens with zero attached hydrogens (tertiary/aromatic N) is 2. The van der Waals surface area contributed by atoms with Crippen molar-refractivity contribution >= 4 is 67.8 Å². The summed E-state index contributed by atoms with van der Waals surface area (Å²) in [6, 6.07) is 79.6. The van der Waals surface area contributed by atoms with E-state index < -0.39 is 0 Å². The third kappa shape index (κ3) is 8.34. The lowest BCUT2D eigenvalue weighted by Crippen LogP contribution is -2.11. The molecule has 10 aromatic rings. The summed E-state index contributed by atoms with van der Waals surface area (Å²) in [7, 11) is 0. The van der Waals surface area contributed by atoms with E-state index in [0.717, 1.165) is 33.9 Å². The van der Waals surface area contributed by atoms with Crippen LogP contribution in [0.5, 0.6) is 0 Å². The molecule has 64 heavy (non-hydrogen) atoms. The van der Waals surface area contributed by atoms with Crippen molar-refractivity contribution < 1.29 is 0 Å². The SMILES string of the molecule is Cc1cc(C)cc(N(c2ccc(-c3ccc(C=Cc4ccc(-c5ccc(N(c6cc(C)cc(C)c6)c6cccc7ccccc67)cc5)cc4)cc3)cc2)c2cccc3ccccc23)c1. The minimum atomic E-state index is 1.13. The highest BCUT2D eigenvalue weighted by Crippen LogP contribution is 2.42. The number of hydrogen-bond acceptors (Lipinski definition) is 2. The Labute approximate surface area is 377 Å². The van der Waals surface area contributed by atoms with E-state index in [1.165, 1.54) is 77.4 Å². The van der Waals surface area contributed by atoms with E-state index in [1.807, 2.05) is 0 Å². The van der Waals surface area contributed by atoms with E-state index in [4.69, 9.17) is 0 Å². The average molecular weight is 823 g/mol. The molecule has 0 atom stereocenters. The third-order valence-electron chi connectivity index (χ3n) is 12.2. The molecule has 0 aromatic heterocycles. The molecule has 2 heteroatoms.